The molecule has 0 radical (unpaired) electrons. The monoisotopic (exact) mass is 881 g/mol. The number of benzene rings is 3. The fourth-order valence-corrected chi connectivity index (χ4v) is 8.25. The van der Waals surface area contributed by atoms with Crippen LogP contribution in [0, 0.1) is 0 Å². The van der Waals surface area contributed by atoms with Gasteiger partial charge in [0.2, 0.25) is 5.91 Å². The van der Waals surface area contributed by atoms with Crippen molar-refractivity contribution in [2.75, 3.05) is 84.0 Å². The van der Waals surface area contributed by atoms with Crippen LogP contribution in [0.15, 0.2) is 42.5 Å². The molecular formula is C44H56ClN5O12. The Hall–Kier alpha value is -5.01. The van der Waals surface area contributed by atoms with Crippen LogP contribution >= 0.6 is 11.6 Å². The Balaban J connectivity index is 1.03. The van der Waals surface area contributed by atoms with Crippen LogP contribution in [0.3, 0.4) is 0 Å². The number of esters is 1. The molecule has 62 heavy (non-hydrogen) atoms. The summed E-state index contributed by atoms with van der Waals surface area (Å²) >= 11 is 6.52. The minimum absolute atomic E-state index is 0.0617. The van der Waals surface area contributed by atoms with Crippen LogP contribution in [0.5, 0.6) is 11.5 Å². The number of fused-ring (bicyclic) bond motifs is 4. The molecular weight excluding hydrogens is 826 g/mol. The third kappa shape index (κ3) is 10.6. The number of amides is 3. The van der Waals surface area contributed by atoms with Crippen LogP contribution in [0.25, 0.3) is 21.7 Å². The number of hydrogen-bond acceptors (Lipinski definition) is 13. The van der Waals surface area contributed by atoms with Crippen molar-refractivity contribution < 1.29 is 58.2 Å². The highest BCUT2D eigenvalue weighted by atomic mass is 35.5. The topological polar surface area (TPSA) is 213 Å². The molecule has 4 aromatic rings. The molecule has 6 rings (SSSR count). The predicted molar refractivity (Wildman–Crippen MR) is 231 cm³/mol. The first-order chi connectivity index (χ1) is 30.1. The molecule has 0 aliphatic carbocycles. The van der Waals surface area contributed by atoms with Crippen LogP contribution < -0.4 is 19.7 Å². The van der Waals surface area contributed by atoms with Gasteiger partial charge in [0.15, 0.2) is 6.29 Å². The quantitative estimate of drug-likeness (QED) is 0.0483. The maximum Gasteiger partial charge on any atom is 0.415 e. The van der Waals surface area contributed by atoms with E-state index < -0.39 is 24.5 Å². The van der Waals surface area contributed by atoms with E-state index in [1.807, 2.05) is 31.2 Å². The molecule has 2 aliphatic rings. The summed E-state index contributed by atoms with van der Waals surface area (Å²) in [6.07, 6.45) is -0.603. The number of anilines is 1. The number of carbonyl (C=O) groups is 4. The zero-order valence-corrected chi connectivity index (χ0v) is 36.1. The lowest BCUT2D eigenvalue weighted by atomic mass is 9.95. The molecule has 3 atom stereocenters. The summed E-state index contributed by atoms with van der Waals surface area (Å²) in [4.78, 5) is 61.1. The first kappa shape index (κ1) is 46.5. The van der Waals surface area contributed by atoms with Crippen LogP contribution in [0.4, 0.5) is 10.5 Å². The molecule has 0 spiro atoms. The summed E-state index contributed by atoms with van der Waals surface area (Å²) in [5, 5.41) is 34.6. The van der Waals surface area contributed by atoms with E-state index in [1.165, 1.54) is 14.2 Å². The number of carbonyl (C=O) groups excluding carboxylic acids is 4. The van der Waals surface area contributed by atoms with Crippen molar-refractivity contribution >= 4 is 62.8 Å². The number of H-pyrrole nitrogens is 1. The molecule has 3 aromatic carbocycles. The SMILES string of the molecule is CCC(CO)OC(COC(=O)CCCC(=O)NCCN1CCN(C(=O)Oc2cc3c(c4ccccc24)[C@H](CCl)CN3C(=O)c2cc3cc(OC)c(CO)c(CO)c3[nH]2)CC1)OC. The first-order valence-corrected chi connectivity index (χ1v) is 21.4. The standard InChI is InChI=1S/C44H56ClN5O12/c1-4-29(23-51)61-40(59-3)26-60-39(55)11-7-10-38(54)46-12-13-48-14-16-49(17-15-48)44(57)62-37-20-35-41(31-9-6-5-8-30(31)37)28(21-45)22-50(35)43(56)34-18-27-19-36(58-2)32(24-52)33(25-53)42(27)47-34/h5-6,8-9,18-20,28-29,40,47,51-53H,4,7,10-17,21-26H2,1-3H3,(H,46,54)/t28-,29?,40?/m1/s1. The number of halogens is 1. The predicted octanol–water partition coefficient (Wildman–Crippen LogP) is 4.00. The average molecular weight is 882 g/mol. The van der Waals surface area contributed by atoms with Crippen molar-refractivity contribution in [1.82, 2.24) is 20.1 Å². The number of ether oxygens (including phenoxy) is 5. The number of hydrogen-bond donors (Lipinski definition) is 5. The zero-order valence-electron chi connectivity index (χ0n) is 35.3. The molecule has 3 heterocycles. The van der Waals surface area contributed by atoms with Gasteiger partial charge in [0.05, 0.1) is 44.2 Å². The molecule has 17 nitrogen and oxygen atoms in total. The number of nitrogens with zero attached hydrogens (tertiary/aromatic N) is 3. The van der Waals surface area contributed by atoms with Gasteiger partial charge in [-0.25, -0.2) is 4.79 Å². The lowest BCUT2D eigenvalue weighted by Crippen LogP contribution is -2.51. The summed E-state index contributed by atoms with van der Waals surface area (Å²) in [7, 11) is 2.90. The Morgan fingerprint density at radius 3 is 2.35 bits per heavy atom. The van der Waals surface area contributed by atoms with Crippen LogP contribution in [0.1, 0.15) is 65.7 Å². The third-order valence-corrected chi connectivity index (χ3v) is 11.8. The molecule has 1 aromatic heterocycles. The summed E-state index contributed by atoms with van der Waals surface area (Å²) in [5.74, 6) is -0.229. The first-order valence-electron chi connectivity index (χ1n) is 20.8. The Bertz CT molecular complexity index is 2210. The molecule has 1 fully saturated rings. The highest BCUT2D eigenvalue weighted by molar-refractivity contribution is 6.19. The van der Waals surface area contributed by atoms with Gasteiger partial charge in [0.25, 0.3) is 5.91 Å². The van der Waals surface area contributed by atoms with Gasteiger partial charge in [-0.3, -0.25) is 19.3 Å². The Morgan fingerprint density at radius 1 is 0.952 bits per heavy atom. The normalized spacial score (nSPS) is 16.3. The van der Waals surface area contributed by atoms with Gasteiger partial charge >= 0.3 is 12.1 Å². The van der Waals surface area contributed by atoms with Crippen LogP contribution in [-0.2, 0) is 37.0 Å². The number of aromatic amines is 1. The molecule has 1 saturated heterocycles. The van der Waals surface area contributed by atoms with E-state index in [4.69, 9.17) is 35.3 Å². The summed E-state index contributed by atoms with van der Waals surface area (Å²) < 4.78 is 27.4. The molecule has 0 saturated carbocycles. The second-order valence-corrected chi connectivity index (χ2v) is 15.5. The molecule has 5 N–H and O–H groups in total. The van der Waals surface area contributed by atoms with Crippen molar-refractivity contribution in [1.29, 1.82) is 0 Å². The zero-order chi connectivity index (χ0) is 44.3. The van der Waals surface area contributed by atoms with Crippen molar-refractivity contribution in [3.63, 3.8) is 0 Å². The van der Waals surface area contributed by atoms with Gasteiger partial charge in [-0.15, -0.1) is 11.6 Å². The van der Waals surface area contributed by atoms with Crippen LogP contribution in [0.2, 0.25) is 0 Å². The van der Waals surface area contributed by atoms with Crippen molar-refractivity contribution in [2.45, 2.75) is 64.1 Å². The summed E-state index contributed by atoms with van der Waals surface area (Å²) in [6.45, 7) is 4.07. The summed E-state index contributed by atoms with van der Waals surface area (Å²) in [5.41, 5.74) is 3.10. The molecule has 336 valence electrons. The van der Waals surface area contributed by atoms with Gasteiger partial charge in [0, 0.05) is 106 Å². The number of aliphatic hydroxyl groups is 3. The number of methoxy groups -OCH3 is 2. The Kier molecular flexibility index (Phi) is 16.4. The lowest BCUT2D eigenvalue weighted by molar-refractivity contribution is -0.194. The molecule has 2 aliphatic heterocycles. The summed E-state index contributed by atoms with van der Waals surface area (Å²) in [6, 6.07) is 12.7. The number of nitrogens with one attached hydrogen (secondary N) is 2. The maximum absolute atomic E-state index is 14.3. The highest BCUT2D eigenvalue weighted by Crippen LogP contribution is 2.46. The Morgan fingerprint density at radius 2 is 1.69 bits per heavy atom. The number of rotatable bonds is 20. The van der Waals surface area contributed by atoms with E-state index in [2.05, 4.69) is 15.2 Å². The lowest BCUT2D eigenvalue weighted by Gasteiger charge is -2.34. The highest BCUT2D eigenvalue weighted by Gasteiger charge is 2.36. The van der Waals surface area contributed by atoms with Gasteiger partial charge in [0.1, 0.15) is 23.8 Å². The van der Waals surface area contributed by atoms with Gasteiger partial charge < -0.3 is 59.1 Å². The minimum atomic E-state index is -0.789. The van der Waals surface area contributed by atoms with Crippen LogP contribution in [-0.4, -0.2) is 146 Å². The fourth-order valence-electron chi connectivity index (χ4n) is 8.00. The van der Waals surface area contributed by atoms with Gasteiger partial charge in [-0.05, 0) is 35.9 Å². The fraction of sp³-hybridized carbons (Fsp3) is 0.500. The van der Waals surface area contributed by atoms with E-state index >= 15 is 0 Å². The van der Waals surface area contributed by atoms with E-state index in [0.29, 0.717) is 103 Å². The number of piperazine rings is 1. The molecule has 3 amide bonds. The van der Waals surface area contributed by atoms with Crippen molar-refractivity contribution in [3.8, 4) is 11.5 Å². The van der Waals surface area contributed by atoms with E-state index in [1.54, 1.807) is 28.0 Å². The van der Waals surface area contributed by atoms with E-state index in [9.17, 15) is 34.5 Å². The maximum atomic E-state index is 14.3. The number of aliphatic hydroxyl groups excluding tert-OH is 3. The smallest absolute Gasteiger partial charge is 0.415 e. The van der Waals surface area contributed by atoms with E-state index in [0.717, 1.165) is 10.9 Å². The Labute approximate surface area is 364 Å². The largest absolute Gasteiger partial charge is 0.496 e. The van der Waals surface area contributed by atoms with Gasteiger partial charge in [-0.1, -0.05) is 31.2 Å². The molecule has 18 heteroatoms. The van der Waals surface area contributed by atoms with E-state index in [-0.39, 0.29) is 68.6 Å². The van der Waals surface area contributed by atoms with Crippen molar-refractivity contribution in [2.24, 2.45) is 0 Å². The van der Waals surface area contributed by atoms with Gasteiger partial charge in [-0.2, -0.15) is 0 Å². The average Bonchev–Trinajstić information content (AvgIpc) is 3.90. The number of aromatic nitrogens is 1. The minimum Gasteiger partial charge on any atom is -0.496 e. The third-order valence-electron chi connectivity index (χ3n) is 11.4. The number of alkyl halides is 1. The molecule has 0 bridgehead atoms. The van der Waals surface area contributed by atoms with Crippen molar-refractivity contribution in [3.05, 3.63) is 64.8 Å². The second-order valence-electron chi connectivity index (χ2n) is 15.2. The second kappa shape index (κ2) is 21.9. The molecule has 2 unspecified atom stereocenters.